The Labute approximate surface area is 620 Å². The van der Waals surface area contributed by atoms with Gasteiger partial charge in [0.25, 0.3) is 0 Å². The Morgan fingerprint density at radius 3 is 0.981 bits per heavy atom. The number of fused-ring (bicyclic) bond motifs is 26. The van der Waals surface area contributed by atoms with Gasteiger partial charge in [-0.25, -0.2) is 0 Å². The lowest BCUT2D eigenvalue weighted by atomic mass is 9.70. The average molecular weight is 1350 g/mol. The third-order valence-electron chi connectivity index (χ3n) is 25.1. The first kappa shape index (κ1) is 60.7. The molecule has 1 unspecified atom stereocenters. The highest BCUT2D eigenvalue weighted by Crippen LogP contribution is 2.67. The number of anilines is 6. The van der Waals surface area contributed by atoms with Gasteiger partial charge in [-0.05, 0) is 228 Å². The Kier molecular flexibility index (Phi) is 12.8. The van der Waals surface area contributed by atoms with Crippen molar-refractivity contribution in [1.29, 1.82) is 0 Å². The summed E-state index contributed by atoms with van der Waals surface area (Å²) < 4.78 is 0. The van der Waals surface area contributed by atoms with Crippen LogP contribution in [0.15, 0.2) is 364 Å². The van der Waals surface area contributed by atoms with Crippen LogP contribution in [0.25, 0.3) is 100 Å². The Morgan fingerprint density at radius 1 is 0.170 bits per heavy atom. The Bertz CT molecular complexity index is 6360. The van der Waals surface area contributed by atoms with Crippen molar-refractivity contribution in [2.75, 3.05) is 9.80 Å². The van der Waals surface area contributed by atoms with Gasteiger partial charge in [-0.3, -0.25) is 0 Å². The fraction of sp³-hybridized carbons (Fsp3) is 0.0769. The summed E-state index contributed by atoms with van der Waals surface area (Å²) in [5.41, 5.74) is 44.2. The Morgan fingerprint density at radius 2 is 0.472 bits per heavy atom. The molecule has 0 saturated heterocycles. The van der Waals surface area contributed by atoms with E-state index in [1.54, 1.807) is 0 Å². The molecular weight excluding hydrogens is 1280 g/mol. The van der Waals surface area contributed by atoms with Crippen molar-refractivity contribution < 1.29 is 0 Å². The van der Waals surface area contributed by atoms with E-state index in [9.17, 15) is 0 Å². The molecule has 0 amide bonds. The molecule has 0 bridgehead atoms. The van der Waals surface area contributed by atoms with E-state index in [0.717, 1.165) is 39.7 Å². The van der Waals surface area contributed by atoms with Gasteiger partial charge in [0.15, 0.2) is 0 Å². The van der Waals surface area contributed by atoms with Crippen molar-refractivity contribution >= 4 is 34.1 Å². The minimum absolute atomic E-state index is 0.170. The van der Waals surface area contributed by atoms with Gasteiger partial charge in [-0.15, -0.1) is 0 Å². The first-order chi connectivity index (χ1) is 52.1. The molecule has 6 aliphatic carbocycles. The van der Waals surface area contributed by atoms with E-state index in [0.29, 0.717) is 0 Å². The number of para-hydroxylation sites is 1. The molecule has 0 heterocycles. The lowest BCUT2D eigenvalue weighted by Crippen LogP contribution is -2.26. The van der Waals surface area contributed by atoms with Crippen LogP contribution in [0.3, 0.4) is 0 Å². The molecule has 6 aliphatic rings. The van der Waals surface area contributed by atoms with Crippen molar-refractivity contribution in [3.63, 3.8) is 0 Å². The van der Waals surface area contributed by atoms with Gasteiger partial charge in [-0.2, -0.15) is 0 Å². The molecule has 0 aromatic heterocycles. The summed E-state index contributed by atoms with van der Waals surface area (Å²) in [5.74, 6) is 0. The molecular formula is C104H72N2. The number of nitrogens with zero attached hydrogens (tertiary/aromatic N) is 2. The maximum atomic E-state index is 2.52. The maximum Gasteiger partial charge on any atom is 0.0725 e. The van der Waals surface area contributed by atoms with Crippen LogP contribution in [0, 0.1) is 0 Å². The zero-order valence-electron chi connectivity index (χ0n) is 59.5. The largest absolute Gasteiger partial charge is 0.310 e. The quantitative estimate of drug-likeness (QED) is 0.142. The molecule has 0 radical (unpaired) electrons. The van der Waals surface area contributed by atoms with E-state index in [-0.39, 0.29) is 10.8 Å². The first-order valence-corrected chi connectivity index (χ1v) is 37.5. The SMILES string of the molecule is CC1(C)c2ccccc2-c2ccc(N(c3ccc(-c4ccc(-c5cccc6c5-c5ccccc5C65c6ccccc6-c6cc(N(c7ccc8c(c7)C(C)(C)c7ccccc7-8)c7ccccc7-c7ccccc7)ccc65)cc4)cc3)c3ccc4c(c3)-c3ccccc3C43c4ccccc4-c4ccccc43)cc21. The molecule has 0 saturated carbocycles. The minimum Gasteiger partial charge on any atom is -0.310 e. The summed E-state index contributed by atoms with van der Waals surface area (Å²) in [4.78, 5) is 5.01. The van der Waals surface area contributed by atoms with Crippen LogP contribution < -0.4 is 9.80 Å². The van der Waals surface area contributed by atoms with Gasteiger partial charge >= 0.3 is 0 Å². The molecule has 0 fully saturated rings. The van der Waals surface area contributed by atoms with Crippen LogP contribution in [-0.4, -0.2) is 0 Å². The average Bonchev–Trinajstić information content (AvgIpc) is 1.51. The van der Waals surface area contributed by atoms with Gasteiger partial charge in [0.1, 0.15) is 0 Å². The van der Waals surface area contributed by atoms with Crippen molar-refractivity contribution in [1.82, 2.24) is 0 Å². The summed E-state index contributed by atoms with van der Waals surface area (Å²) in [7, 11) is 0. The topological polar surface area (TPSA) is 6.48 Å². The van der Waals surface area contributed by atoms with Crippen LogP contribution in [-0.2, 0) is 21.7 Å². The molecule has 498 valence electrons. The Hall–Kier alpha value is -12.9. The molecule has 106 heavy (non-hydrogen) atoms. The molecule has 16 aromatic carbocycles. The number of hydrogen-bond acceptors (Lipinski definition) is 2. The summed E-state index contributed by atoms with van der Waals surface area (Å²) in [5, 5.41) is 0. The smallest absolute Gasteiger partial charge is 0.0725 e. The van der Waals surface area contributed by atoms with E-state index < -0.39 is 10.8 Å². The van der Waals surface area contributed by atoms with E-state index in [4.69, 9.17) is 0 Å². The summed E-state index contributed by atoms with van der Waals surface area (Å²) in [6.07, 6.45) is 0. The van der Waals surface area contributed by atoms with Gasteiger partial charge in [0, 0.05) is 44.8 Å². The van der Waals surface area contributed by atoms with Crippen molar-refractivity contribution in [2.45, 2.75) is 49.4 Å². The second-order valence-electron chi connectivity index (χ2n) is 30.9. The zero-order chi connectivity index (χ0) is 70.4. The van der Waals surface area contributed by atoms with Gasteiger partial charge in [0.2, 0.25) is 0 Å². The summed E-state index contributed by atoms with van der Waals surface area (Å²) in [6, 6.07) is 138. The summed E-state index contributed by atoms with van der Waals surface area (Å²) >= 11 is 0. The second-order valence-corrected chi connectivity index (χ2v) is 30.9. The highest BCUT2D eigenvalue weighted by molar-refractivity contribution is 6.03. The molecule has 16 aromatic rings. The van der Waals surface area contributed by atoms with E-state index in [2.05, 4.69) is 401 Å². The predicted molar refractivity (Wildman–Crippen MR) is 440 cm³/mol. The van der Waals surface area contributed by atoms with Gasteiger partial charge in [0.05, 0.1) is 16.5 Å². The van der Waals surface area contributed by atoms with Crippen molar-refractivity contribution in [3.05, 3.63) is 431 Å². The number of rotatable bonds is 9. The predicted octanol–water partition coefficient (Wildman–Crippen LogP) is 26.9. The molecule has 2 heteroatoms. The van der Waals surface area contributed by atoms with E-state index in [1.165, 1.54) is 161 Å². The zero-order valence-corrected chi connectivity index (χ0v) is 59.5. The van der Waals surface area contributed by atoms with Gasteiger partial charge < -0.3 is 9.80 Å². The van der Waals surface area contributed by atoms with Gasteiger partial charge in [-0.1, -0.05) is 325 Å². The highest BCUT2D eigenvalue weighted by Gasteiger charge is 2.54. The lowest BCUT2D eigenvalue weighted by molar-refractivity contribution is 0.660. The molecule has 22 rings (SSSR count). The minimum atomic E-state index is -0.556. The van der Waals surface area contributed by atoms with Crippen LogP contribution >= 0.6 is 0 Å². The fourth-order valence-electron chi connectivity index (χ4n) is 20.5. The standard InChI is InChI=1S/C104H72N2/c1-101(2)87-36-16-8-28-76(87)82-57-53-72(63-97(82)101)105(70-55-59-94-85(61-70)80-32-12-20-40-91(80)103(94)89-38-18-10-30-78(89)79-31-11-19-39-90(79)103)69-51-49-66(50-52-69)65-45-47-68(48-46-65)75-35-24-43-96-100(75)84-34-14-22-42-93(84)104(96)92-41-21-13-33-81(92)86-62-71(56-60-95(86)104)106(99-44-23-15-27-74(99)67-25-6-5-7-26-67)73-54-58-83-77-29-9-17-37-88(77)102(3,4)98(83)64-73/h5-64H,1-4H3. The van der Waals surface area contributed by atoms with Crippen LogP contribution in [0.5, 0.6) is 0 Å². The fourth-order valence-corrected chi connectivity index (χ4v) is 20.5. The van der Waals surface area contributed by atoms with Crippen LogP contribution in [0.4, 0.5) is 34.1 Å². The molecule has 2 spiro atoms. The van der Waals surface area contributed by atoms with Crippen LogP contribution in [0.2, 0.25) is 0 Å². The Balaban J connectivity index is 0.642. The van der Waals surface area contributed by atoms with Crippen molar-refractivity contribution in [3.8, 4) is 100 Å². The summed E-state index contributed by atoms with van der Waals surface area (Å²) in [6.45, 7) is 9.53. The third-order valence-corrected chi connectivity index (χ3v) is 25.1. The third kappa shape index (κ3) is 8.16. The molecule has 0 aliphatic heterocycles. The molecule has 0 N–H and O–H groups in total. The normalized spacial score (nSPS) is 15.6. The van der Waals surface area contributed by atoms with E-state index >= 15 is 0 Å². The second kappa shape index (κ2) is 22.3. The molecule has 1 atom stereocenters. The van der Waals surface area contributed by atoms with E-state index in [1.807, 2.05) is 0 Å². The monoisotopic (exact) mass is 1350 g/mol. The molecule has 2 nitrogen and oxygen atoms in total. The maximum absolute atomic E-state index is 2.52. The van der Waals surface area contributed by atoms with Crippen molar-refractivity contribution in [2.24, 2.45) is 0 Å². The lowest BCUT2D eigenvalue weighted by Gasteiger charge is -2.32. The van der Waals surface area contributed by atoms with Crippen LogP contribution in [0.1, 0.15) is 94.5 Å². The highest BCUT2D eigenvalue weighted by atomic mass is 15.2. The first-order valence-electron chi connectivity index (χ1n) is 37.5. The number of benzene rings is 16. The number of hydrogen-bond donors (Lipinski definition) is 0.